The van der Waals surface area contributed by atoms with Gasteiger partial charge in [0.25, 0.3) is 0 Å². The lowest BCUT2D eigenvalue weighted by molar-refractivity contribution is 0.481. The highest BCUT2D eigenvalue weighted by Crippen LogP contribution is 2.36. The standard InChI is InChI=1S/C24H24ClFN2S/c1-17-6-9-20(10-7-17)27-29-24-5-3-2-4-23(24)28-14-12-18(13-15-28)21-11-8-19(25)16-22(21)26/h2-11,16,18,27H,12-15H2,1H3. The van der Waals surface area contributed by atoms with Crippen molar-refractivity contribution in [1.29, 1.82) is 0 Å². The van der Waals surface area contributed by atoms with Crippen molar-refractivity contribution in [1.82, 2.24) is 0 Å². The molecule has 0 aliphatic carbocycles. The lowest BCUT2D eigenvalue weighted by atomic mass is 9.89. The SMILES string of the molecule is Cc1ccc(NSc2ccccc2N2CCC(c3ccc(Cl)cc3F)CC2)cc1. The van der Waals surface area contributed by atoms with Crippen LogP contribution < -0.4 is 9.62 Å². The molecule has 1 N–H and O–H groups in total. The molecule has 0 radical (unpaired) electrons. The molecular formula is C24H24ClFN2S. The second kappa shape index (κ2) is 9.10. The Morgan fingerprint density at radius 3 is 2.45 bits per heavy atom. The maximum atomic E-state index is 14.3. The van der Waals surface area contributed by atoms with E-state index in [1.54, 1.807) is 18.0 Å². The lowest BCUT2D eigenvalue weighted by Gasteiger charge is -2.35. The van der Waals surface area contributed by atoms with E-state index >= 15 is 0 Å². The van der Waals surface area contributed by atoms with E-state index < -0.39 is 0 Å². The maximum Gasteiger partial charge on any atom is 0.128 e. The zero-order chi connectivity index (χ0) is 20.2. The number of halogens is 2. The Morgan fingerprint density at radius 2 is 1.72 bits per heavy atom. The van der Waals surface area contributed by atoms with Gasteiger partial charge in [-0.1, -0.05) is 47.5 Å². The Morgan fingerprint density at radius 1 is 1.00 bits per heavy atom. The summed E-state index contributed by atoms with van der Waals surface area (Å²) >= 11 is 7.54. The molecule has 29 heavy (non-hydrogen) atoms. The number of benzene rings is 3. The molecule has 2 nitrogen and oxygen atoms in total. The van der Waals surface area contributed by atoms with E-state index in [0.29, 0.717) is 5.02 Å². The van der Waals surface area contributed by atoms with Crippen molar-refractivity contribution in [2.75, 3.05) is 22.7 Å². The molecule has 1 aliphatic rings. The minimum Gasteiger partial charge on any atom is -0.371 e. The van der Waals surface area contributed by atoms with Crippen molar-refractivity contribution in [3.63, 3.8) is 0 Å². The summed E-state index contributed by atoms with van der Waals surface area (Å²) in [7, 11) is 0. The van der Waals surface area contributed by atoms with E-state index in [1.807, 2.05) is 6.07 Å². The van der Waals surface area contributed by atoms with Gasteiger partial charge in [0.1, 0.15) is 5.82 Å². The largest absolute Gasteiger partial charge is 0.371 e. The van der Waals surface area contributed by atoms with Crippen LogP contribution in [0.2, 0.25) is 5.02 Å². The van der Waals surface area contributed by atoms with Crippen LogP contribution in [0.3, 0.4) is 0 Å². The quantitative estimate of drug-likeness (QED) is 0.431. The first-order valence-electron chi connectivity index (χ1n) is 9.88. The topological polar surface area (TPSA) is 15.3 Å². The molecule has 4 rings (SSSR count). The Hall–Kier alpha value is -2.17. The van der Waals surface area contributed by atoms with Crippen LogP contribution in [0, 0.1) is 12.7 Å². The Labute approximate surface area is 181 Å². The van der Waals surface area contributed by atoms with Gasteiger partial charge in [-0.25, -0.2) is 4.39 Å². The molecule has 0 atom stereocenters. The van der Waals surface area contributed by atoms with E-state index in [-0.39, 0.29) is 11.7 Å². The molecule has 150 valence electrons. The molecule has 0 aromatic heterocycles. The normalized spacial score (nSPS) is 14.8. The number of nitrogens with zero attached hydrogens (tertiary/aromatic N) is 1. The summed E-state index contributed by atoms with van der Waals surface area (Å²) in [5.41, 5.74) is 4.36. The number of hydrogen-bond donors (Lipinski definition) is 1. The summed E-state index contributed by atoms with van der Waals surface area (Å²) in [6.07, 6.45) is 1.87. The first kappa shape index (κ1) is 20.1. The minimum absolute atomic E-state index is 0.186. The van der Waals surface area contributed by atoms with Gasteiger partial charge < -0.3 is 9.62 Å². The van der Waals surface area contributed by atoms with Gasteiger partial charge in [0, 0.05) is 23.8 Å². The number of aryl methyl sites for hydroxylation is 1. The van der Waals surface area contributed by atoms with E-state index in [0.717, 1.165) is 37.2 Å². The number of hydrogen-bond acceptors (Lipinski definition) is 3. The summed E-state index contributed by atoms with van der Waals surface area (Å²) in [5.74, 6) is 0.0585. The summed E-state index contributed by atoms with van der Waals surface area (Å²) < 4.78 is 17.7. The third-order valence-corrected chi connectivity index (χ3v) is 6.57. The second-order valence-corrected chi connectivity index (χ2v) is 8.75. The molecule has 1 saturated heterocycles. The molecule has 5 heteroatoms. The van der Waals surface area contributed by atoms with Crippen LogP contribution in [0.5, 0.6) is 0 Å². The van der Waals surface area contributed by atoms with Gasteiger partial charge in [0.2, 0.25) is 0 Å². The zero-order valence-electron chi connectivity index (χ0n) is 16.4. The molecule has 0 spiro atoms. The molecule has 1 heterocycles. The fourth-order valence-corrected chi connectivity index (χ4v) is 4.78. The third kappa shape index (κ3) is 4.88. The summed E-state index contributed by atoms with van der Waals surface area (Å²) in [5, 5.41) is 0.454. The monoisotopic (exact) mass is 426 g/mol. The van der Waals surface area contributed by atoms with Gasteiger partial charge in [-0.3, -0.25) is 0 Å². The number of piperidine rings is 1. The van der Waals surface area contributed by atoms with Crippen LogP contribution in [-0.2, 0) is 0 Å². The van der Waals surface area contributed by atoms with Gasteiger partial charge in [0.15, 0.2) is 0 Å². The van der Waals surface area contributed by atoms with Crippen molar-refractivity contribution in [3.8, 4) is 0 Å². The smallest absolute Gasteiger partial charge is 0.128 e. The number of anilines is 2. The van der Waals surface area contributed by atoms with Gasteiger partial charge in [-0.15, -0.1) is 0 Å². The Bertz CT molecular complexity index is 969. The first-order valence-corrected chi connectivity index (χ1v) is 11.1. The average Bonchev–Trinajstić information content (AvgIpc) is 2.74. The van der Waals surface area contributed by atoms with Crippen LogP contribution in [0.25, 0.3) is 0 Å². The van der Waals surface area contributed by atoms with Gasteiger partial charge >= 0.3 is 0 Å². The summed E-state index contributed by atoms with van der Waals surface area (Å²) in [6.45, 7) is 3.91. The first-order chi connectivity index (χ1) is 14.1. The summed E-state index contributed by atoms with van der Waals surface area (Å²) in [4.78, 5) is 3.60. The van der Waals surface area contributed by atoms with Crippen molar-refractivity contribution in [2.24, 2.45) is 0 Å². The predicted octanol–water partition coefficient (Wildman–Crippen LogP) is 7.29. The summed E-state index contributed by atoms with van der Waals surface area (Å²) in [6, 6.07) is 21.9. The predicted molar refractivity (Wildman–Crippen MR) is 123 cm³/mol. The van der Waals surface area contributed by atoms with Crippen LogP contribution in [0.4, 0.5) is 15.8 Å². The third-order valence-electron chi connectivity index (χ3n) is 5.43. The number of para-hydroxylation sites is 1. The maximum absolute atomic E-state index is 14.3. The molecule has 0 unspecified atom stereocenters. The fourth-order valence-electron chi connectivity index (χ4n) is 3.80. The van der Waals surface area contributed by atoms with Gasteiger partial charge in [-0.2, -0.15) is 0 Å². The Kier molecular flexibility index (Phi) is 6.31. The molecular weight excluding hydrogens is 403 g/mol. The van der Waals surface area contributed by atoms with Crippen LogP contribution in [0.1, 0.15) is 29.9 Å². The van der Waals surface area contributed by atoms with Crippen molar-refractivity contribution < 1.29 is 4.39 Å². The van der Waals surface area contributed by atoms with Crippen molar-refractivity contribution >= 4 is 34.9 Å². The van der Waals surface area contributed by atoms with E-state index in [9.17, 15) is 4.39 Å². The van der Waals surface area contributed by atoms with E-state index in [4.69, 9.17) is 11.6 Å². The highest BCUT2D eigenvalue weighted by molar-refractivity contribution is 8.00. The molecule has 3 aromatic rings. The molecule has 1 fully saturated rings. The molecule has 0 bridgehead atoms. The van der Waals surface area contributed by atoms with Gasteiger partial charge in [0.05, 0.1) is 10.6 Å². The number of rotatable bonds is 5. The molecule has 3 aromatic carbocycles. The van der Waals surface area contributed by atoms with Crippen LogP contribution in [0.15, 0.2) is 71.6 Å². The van der Waals surface area contributed by atoms with Crippen LogP contribution in [-0.4, -0.2) is 13.1 Å². The van der Waals surface area contributed by atoms with Gasteiger partial charge in [-0.05, 0) is 79.6 Å². The fraction of sp³-hybridized carbons (Fsp3) is 0.250. The zero-order valence-corrected chi connectivity index (χ0v) is 17.9. The highest BCUT2D eigenvalue weighted by atomic mass is 35.5. The lowest BCUT2D eigenvalue weighted by Crippen LogP contribution is -2.33. The average molecular weight is 427 g/mol. The highest BCUT2D eigenvalue weighted by Gasteiger charge is 2.24. The second-order valence-electron chi connectivity index (χ2n) is 7.47. The van der Waals surface area contributed by atoms with Crippen molar-refractivity contribution in [2.45, 2.75) is 30.6 Å². The van der Waals surface area contributed by atoms with E-state index in [1.165, 1.54) is 22.2 Å². The Balaban J connectivity index is 1.42. The van der Waals surface area contributed by atoms with Crippen molar-refractivity contribution in [3.05, 3.63) is 88.7 Å². The van der Waals surface area contributed by atoms with E-state index in [2.05, 4.69) is 65.1 Å². The van der Waals surface area contributed by atoms with Crippen LogP contribution >= 0.6 is 23.5 Å². The molecule has 0 saturated carbocycles. The molecule has 1 aliphatic heterocycles. The number of nitrogens with one attached hydrogen (secondary N) is 1. The molecule has 0 amide bonds. The minimum atomic E-state index is -0.186.